The number of carbonyl (C=O) groups is 1. The lowest BCUT2D eigenvalue weighted by atomic mass is 10.2. The van der Waals surface area contributed by atoms with Gasteiger partial charge in [-0.1, -0.05) is 6.92 Å². The van der Waals surface area contributed by atoms with Gasteiger partial charge in [0.2, 0.25) is 5.91 Å². The van der Waals surface area contributed by atoms with Crippen LogP contribution in [-0.2, 0) is 17.8 Å². The number of thiazole rings is 1. The van der Waals surface area contributed by atoms with Gasteiger partial charge >= 0.3 is 0 Å². The molecule has 4 nitrogen and oxygen atoms in total. The van der Waals surface area contributed by atoms with Crippen LogP contribution >= 0.6 is 11.3 Å². The first kappa shape index (κ1) is 13.5. The number of amides is 1. The Hall–Kier alpha value is -0.940. The number of nitrogens with zero attached hydrogens (tertiary/aromatic N) is 3. The zero-order valence-corrected chi connectivity index (χ0v) is 12.2. The summed E-state index contributed by atoms with van der Waals surface area (Å²) in [5, 5.41) is 3.30. The lowest BCUT2D eigenvalue weighted by Gasteiger charge is -2.25. The molecule has 0 radical (unpaired) electrons. The van der Waals surface area contributed by atoms with Crippen molar-refractivity contribution >= 4 is 17.2 Å². The highest BCUT2D eigenvalue weighted by Gasteiger charge is 2.31. The van der Waals surface area contributed by atoms with Gasteiger partial charge in [0.15, 0.2) is 0 Å². The van der Waals surface area contributed by atoms with Crippen LogP contribution in [0.1, 0.15) is 30.5 Å². The Bertz CT molecular complexity index is 416. The second-order valence-corrected chi connectivity index (χ2v) is 5.89. The Balaban J connectivity index is 2.01. The fraction of sp³-hybridized carbons (Fsp3) is 0.692. The summed E-state index contributed by atoms with van der Waals surface area (Å²) in [5.74, 6) is 0.221. The van der Waals surface area contributed by atoms with E-state index >= 15 is 0 Å². The number of aryl methyl sites for hydroxylation is 1. The van der Waals surface area contributed by atoms with Gasteiger partial charge in [-0.15, -0.1) is 11.3 Å². The van der Waals surface area contributed by atoms with E-state index in [1.165, 1.54) is 5.01 Å². The molecule has 1 saturated heterocycles. The summed E-state index contributed by atoms with van der Waals surface area (Å²) >= 11 is 1.72. The quantitative estimate of drug-likeness (QED) is 0.834. The van der Waals surface area contributed by atoms with E-state index in [1.54, 1.807) is 16.2 Å². The molecule has 0 spiro atoms. The van der Waals surface area contributed by atoms with Crippen LogP contribution in [0.3, 0.4) is 0 Å². The van der Waals surface area contributed by atoms with E-state index in [2.05, 4.69) is 22.2 Å². The average Bonchev–Trinajstić information content (AvgIpc) is 2.97. The van der Waals surface area contributed by atoms with Crippen molar-refractivity contribution in [3.63, 3.8) is 0 Å². The molecule has 1 aromatic heterocycles. The van der Waals surface area contributed by atoms with Crippen molar-refractivity contribution in [1.29, 1.82) is 0 Å². The number of likely N-dealkylation sites (N-methyl/N-ethyl adjacent to an activating group) is 1. The number of aromatic nitrogens is 1. The average molecular weight is 267 g/mol. The van der Waals surface area contributed by atoms with Crippen LogP contribution in [0.4, 0.5) is 0 Å². The molecule has 0 saturated carbocycles. The second-order valence-electron chi connectivity index (χ2n) is 4.95. The van der Waals surface area contributed by atoms with E-state index in [1.807, 2.05) is 14.1 Å². The molecule has 0 bridgehead atoms. The van der Waals surface area contributed by atoms with Crippen molar-refractivity contribution in [2.75, 3.05) is 20.6 Å². The molecule has 2 heterocycles. The van der Waals surface area contributed by atoms with Gasteiger partial charge in [0.1, 0.15) is 0 Å². The first-order valence-corrected chi connectivity index (χ1v) is 7.38. The lowest BCUT2D eigenvalue weighted by Crippen LogP contribution is -2.42. The molecule has 0 N–H and O–H groups in total. The first-order valence-electron chi connectivity index (χ1n) is 6.50. The molecule has 1 fully saturated rings. The Morgan fingerprint density at radius 1 is 1.61 bits per heavy atom. The van der Waals surface area contributed by atoms with Crippen molar-refractivity contribution in [3.05, 3.63) is 16.1 Å². The van der Waals surface area contributed by atoms with Crippen molar-refractivity contribution in [2.45, 2.75) is 38.8 Å². The molecule has 5 heteroatoms. The maximum atomic E-state index is 12.1. The summed E-state index contributed by atoms with van der Waals surface area (Å²) in [6.45, 7) is 3.93. The Labute approximate surface area is 113 Å². The van der Waals surface area contributed by atoms with E-state index in [0.29, 0.717) is 0 Å². The Morgan fingerprint density at radius 3 is 3.00 bits per heavy atom. The van der Waals surface area contributed by atoms with Crippen LogP contribution in [-0.4, -0.2) is 47.4 Å². The molecule has 1 aliphatic heterocycles. The van der Waals surface area contributed by atoms with Crippen LogP contribution in [0.15, 0.2) is 5.38 Å². The monoisotopic (exact) mass is 267 g/mol. The van der Waals surface area contributed by atoms with Gasteiger partial charge in [-0.25, -0.2) is 4.98 Å². The molecule has 0 aliphatic carbocycles. The second kappa shape index (κ2) is 5.80. The summed E-state index contributed by atoms with van der Waals surface area (Å²) in [7, 11) is 3.66. The maximum absolute atomic E-state index is 12.1. The summed E-state index contributed by atoms with van der Waals surface area (Å²) < 4.78 is 0. The highest BCUT2D eigenvalue weighted by molar-refractivity contribution is 7.09. The Kier molecular flexibility index (Phi) is 4.35. The molecule has 2 rings (SSSR count). The molecule has 0 unspecified atom stereocenters. The SMILES string of the molecule is CCc1nc(CN2CCC[C@@H]2C(=O)N(C)C)cs1. The van der Waals surface area contributed by atoms with Gasteiger partial charge in [-0.2, -0.15) is 0 Å². The van der Waals surface area contributed by atoms with Crippen LogP contribution < -0.4 is 0 Å². The zero-order valence-electron chi connectivity index (χ0n) is 11.3. The smallest absolute Gasteiger partial charge is 0.239 e. The number of likely N-dealkylation sites (tertiary alicyclic amines) is 1. The van der Waals surface area contributed by atoms with Gasteiger partial charge in [-0.3, -0.25) is 9.69 Å². The number of hydrogen-bond acceptors (Lipinski definition) is 4. The summed E-state index contributed by atoms with van der Waals surface area (Å²) in [6.07, 6.45) is 3.07. The lowest BCUT2D eigenvalue weighted by molar-refractivity contribution is -0.133. The predicted molar refractivity (Wildman–Crippen MR) is 73.6 cm³/mol. The van der Waals surface area contributed by atoms with E-state index < -0.39 is 0 Å². The van der Waals surface area contributed by atoms with Gasteiger partial charge in [-0.05, 0) is 25.8 Å². The van der Waals surface area contributed by atoms with Crippen LogP contribution in [0, 0.1) is 0 Å². The highest BCUT2D eigenvalue weighted by Crippen LogP contribution is 2.22. The molecule has 18 heavy (non-hydrogen) atoms. The predicted octanol–water partition coefficient (Wildman–Crippen LogP) is 1.76. The minimum Gasteiger partial charge on any atom is -0.347 e. The fourth-order valence-electron chi connectivity index (χ4n) is 2.39. The highest BCUT2D eigenvalue weighted by atomic mass is 32.1. The van der Waals surface area contributed by atoms with Crippen molar-refractivity contribution in [1.82, 2.24) is 14.8 Å². The number of carbonyl (C=O) groups excluding carboxylic acids is 1. The third-order valence-corrected chi connectivity index (χ3v) is 4.40. The minimum absolute atomic E-state index is 0.0479. The summed E-state index contributed by atoms with van der Waals surface area (Å²) in [4.78, 5) is 20.6. The first-order chi connectivity index (χ1) is 8.61. The van der Waals surface area contributed by atoms with Crippen molar-refractivity contribution in [3.8, 4) is 0 Å². The van der Waals surface area contributed by atoms with E-state index in [9.17, 15) is 4.79 Å². The fourth-order valence-corrected chi connectivity index (χ4v) is 3.12. The van der Waals surface area contributed by atoms with Crippen molar-refractivity contribution in [2.24, 2.45) is 0 Å². The molecule has 1 aliphatic rings. The van der Waals surface area contributed by atoms with Gasteiger partial charge in [0, 0.05) is 26.0 Å². The molecule has 1 aromatic rings. The van der Waals surface area contributed by atoms with Gasteiger partial charge in [0.25, 0.3) is 0 Å². The van der Waals surface area contributed by atoms with Crippen LogP contribution in [0.5, 0.6) is 0 Å². The largest absolute Gasteiger partial charge is 0.347 e. The summed E-state index contributed by atoms with van der Waals surface area (Å²) in [5.41, 5.74) is 1.11. The molecule has 100 valence electrons. The number of hydrogen-bond donors (Lipinski definition) is 0. The van der Waals surface area contributed by atoms with E-state index in [4.69, 9.17) is 0 Å². The minimum atomic E-state index is 0.0479. The van der Waals surface area contributed by atoms with Crippen LogP contribution in [0.25, 0.3) is 0 Å². The third-order valence-electron chi connectivity index (χ3n) is 3.36. The summed E-state index contributed by atoms with van der Waals surface area (Å²) in [6, 6.07) is 0.0479. The maximum Gasteiger partial charge on any atom is 0.239 e. The zero-order chi connectivity index (χ0) is 13.1. The van der Waals surface area contributed by atoms with Crippen LogP contribution in [0.2, 0.25) is 0 Å². The van der Waals surface area contributed by atoms with Gasteiger partial charge in [0.05, 0.1) is 16.7 Å². The molecule has 1 atom stereocenters. The topological polar surface area (TPSA) is 36.4 Å². The standard InChI is InChI=1S/C13H21N3OS/c1-4-12-14-10(9-18-12)8-16-7-5-6-11(16)13(17)15(2)3/h9,11H,4-8H2,1-3H3/t11-/m1/s1. The molecule has 0 aromatic carbocycles. The Morgan fingerprint density at radius 2 is 2.39 bits per heavy atom. The van der Waals surface area contributed by atoms with E-state index in [-0.39, 0.29) is 11.9 Å². The third kappa shape index (κ3) is 2.90. The van der Waals surface area contributed by atoms with E-state index in [0.717, 1.165) is 38.0 Å². The van der Waals surface area contributed by atoms with Crippen molar-refractivity contribution < 1.29 is 4.79 Å². The number of rotatable bonds is 4. The molecular weight excluding hydrogens is 246 g/mol. The molecular formula is C13H21N3OS. The molecule has 1 amide bonds. The normalized spacial score (nSPS) is 20.3. The van der Waals surface area contributed by atoms with Gasteiger partial charge < -0.3 is 4.90 Å².